The summed E-state index contributed by atoms with van der Waals surface area (Å²) >= 11 is 0. The standard InChI is InChI=1S/C27H28N6O2/c1-32-13-15-33(16-14-32)25-23-12-9-20(17-24(23)30-27(28)31-25)26(34)29-18-19-7-10-22(11-8-19)35-21-5-3-2-4-6-21/h2-12,17H,13-16,18H2,1H3,(H,29,34)(H2,28,30,31). The van der Waals surface area contributed by atoms with E-state index in [1.807, 2.05) is 66.7 Å². The van der Waals surface area contributed by atoms with Crippen molar-refractivity contribution >= 4 is 28.6 Å². The van der Waals surface area contributed by atoms with Crippen molar-refractivity contribution in [2.75, 3.05) is 43.9 Å². The zero-order valence-corrected chi connectivity index (χ0v) is 19.6. The lowest BCUT2D eigenvalue weighted by Gasteiger charge is -2.33. The molecule has 3 aromatic carbocycles. The molecule has 1 aliphatic rings. The van der Waals surface area contributed by atoms with Gasteiger partial charge >= 0.3 is 0 Å². The summed E-state index contributed by atoms with van der Waals surface area (Å²) in [5.74, 6) is 2.39. The molecule has 1 amide bonds. The van der Waals surface area contributed by atoms with Crippen molar-refractivity contribution < 1.29 is 9.53 Å². The number of nitrogens with two attached hydrogens (primary N) is 1. The number of likely N-dealkylation sites (N-methyl/N-ethyl adjacent to an activating group) is 1. The van der Waals surface area contributed by atoms with E-state index in [1.165, 1.54) is 0 Å². The summed E-state index contributed by atoms with van der Waals surface area (Å²) in [6.45, 7) is 4.08. The number of carbonyl (C=O) groups is 1. The summed E-state index contributed by atoms with van der Waals surface area (Å²) in [7, 11) is 2.11. The van der Waals surface area contributed by atoms with Crippen molar-refractivity contribution in [2.24, 2.45) is 0 Å². The van der Waals surface area contributed by atoms with Crippen LogP contribution in [0.3, 0.4) is 0 Å². The molecule has 0 saturated carbocycles. The van der Waals surface area contributed by atoms with Crippen molar-refractivity contribution in [1.29, 1.82) is 0 Å². The van der Waals surface area contributed by atoms with Crippen molar-refractivity contribution in [3.8, 4) is 11.5 Å². The minimum absolute atomic E-state index is 0.171. The number of para-hydroxylation sites is 1. The summed E-state index contributed by atoms with van der Waals surface area (Å²) in [6.07, 6.45) is 0. The Hall–Kier alpha value is -4.17. The fourth-order valence-corrected chi connectivity index (χ4v) is 4.12. The van der Waals surface area contributed by atoms with E-state index in [9.17, 15) is 4.79 Å². The molecule has 0 atom stereocenters. The molecule has 1 aromatic heterocycles. The number of aromatic nitrogens is 2. The number of piperazine rings is 1. The van der Waals surface area contributed by atoms with Crippen LogP contribution in [0.2, 0.25) is 0 Å². The molecular weight excluding hydrogens is 440 g/mol. The van der Waals surface area contributed by atoms with Crippen LogP contribution in [0.5, 0.6) is 11.5 Å². The number of nitrogens with one attached hydrogen (secondary N) is 1. The largest absolute Gasteiger partial charge is 0.457 e. The van der Waals surface area contributed by atoms with Crippen LogP contribution in [0, 0.1) is 0 Å². The van der Waals surface area contributed by atoms with E-state index in [0.717, 1.165) is 54.4 Å². The molecule has 5 rings (SSSR count). The molecule has 0 radical (unpaired) electrons. The molecule has 0 aliphatic carbocycles. The van der Waals surface area contributed by atoms with Gasteiger partial charge in [0.25, 0.3) is 5.91 Å². The van der Waals surface area contributed by atoms with Gasteiger partial charge < -0.3 is 25.6 Å². The molecule has 8 heteroatoms. The Morgan fingerprint density at radius 3 is 2.40 bits per heavy atom. The van der Waals surface area contributed by atoms with Crippen LogP contribution in [-0.2, 0) is 6.54 Å². The summed E-state index contributed by atoms with van der Waals surface area (Å²) in [6, 6.07) is 22.8. The Balaban J connectivity index is 1.26. The molecule has 0 unspecified atom stereocenters. The van der Waals surface area contributed by atoms with E-state index in [4.69, 9.17) is 10.5 Å². The molecule has 35 heavy (non-hydrogen) atoms. The van der Waals surface area contributed by atoms with Crippen LogP contribution >= 0.6 is 0 Å². The number of fused-ring (bicyclic) bond motifs is 1. The van der Waals surface area contributed by atoms with Crippen molar-refractivity contribution in [3.63, 3.8) is 0 Å². The molecule has 0 spiro atoms. The summed E-state index contributed by atoms with van der Waals surface area (Å²) in [5.41, 5.74) is 8.19. The Bertz CT molecular complexity index is 1320. The molecule has 3 N–H and O–H groups in total. The second-order valence-corrected chi connectivity index (χ2v) is 8.67. The highest BCUT2D eigenvalue weighted by atomic mass is 16.5. The Morgan fingerprint density at radius 2 is 1.66 bits per heavy atom. The Kier molecular flexibility index (Phi) is 6.45. The summed E-state index contributed by atoms with van der Waals surface area (Å²) in [5, 5.41) is 3.87. The molecule has 4 aromatic rings. The predicted molar refractivity (Wildman–Crippen MR) is 138 cm³/mol. The van der Waals surface area contributed by atoms with Gasteiger partial charge in [-0.1, -0.05) is 30.3 Å². The molecule has 8 nitrogen and oxygen atoms in total. The maximum Gasteiger partial charge on any atom is 0.251 e. The van der Waals surface area contributed by atoms with Crippen molar-refractivity contribution in [2.45, 2.75) is 6.54 Å². The first-order chi connectivity index (χ1) is 17.0. The van der Waals surface area contributed by atoms with Gasteiger partial charge in [-0.15, -0.1) is 0 Å². The lowest BCUT2D eigenvalue weighted by molar-refractivity contribution is 0.0951. The third-order valence-electron chi connectivity index (χ3n) is 6.11. The van der Waals surface area contributed by atoms with Gasteiger partial charge in [-0.2, -0.15) is 4.98 Å². The number of hydrogen-bond donors (Lipinski definition) is 2. The van der Waals surface area contributed by atoms with Crippen LogP contribution < -0.4 is 20.7 Å². The number of carbonyl (C=O) groups excluding carboxylic acids is 1. The molecule has 178 valence electrons. The van der Waals surface area contributed by atoms with Gasteiger partial charge in [-0.05, 0) is 55.1 Å². The van der Waals surface area contributed by atoms with E-state index in [1.54, 1.807) is 6.07 Å². The SMILES string of the molecule is CN1CCN(c2nc(N)nc3cc(C(=O)NCc4ccc(Oc5ccccc5)cc4)ccc23)CC1. The average Bonchev–Trinajstić information content (AvgIpc) is 2.88. The van der Waals surface area contributed by atoms with Gasteiger partial charge in [0, 0.05) is 43.7 Å². The Labute approximate surface area is 204 Å². The van der Waals surface area contributed by atoms with Gasteiger partial charge in [0.1, 0.15) is 17.3 Å². The van der Waals surface area contributed by atoms with Gasteiger partial charge in [-0.3, -0.25) is 4.79 Å². The molecular formula is C27H28N6O2. The quantitative estimate of drug-likeness (QED) is 0.446. The number of nitrogens with zero attached hydrogens (tertiary/aromatic N) is 4. The van der Waals surface area contributed by atoms with Gasteiger partial charge in [0.05, 0.1) is 5.52 Å². The van der Waals surface area contributed by atoms with Gasteiger partial charge in [0.15, 0.2) is 0 Å². The highest BCUT2D eigenvalue weighted by Crippen LogP contribution is 2.27. The third-order valence-corrected chi connectivity index (χ3v) is 6.11. The first kappa shape index (κ1) is 22.6. The van der Waals surface area contributed by atoms with Crippen LogP contribution in [0.25, 0.3) is 10.9 Å². The second kappa shape index (κ2) is 9.99. The maximum absolute atomic E-state index is 12.9. The molecule has 1 aliphatic heterocycles. The van der Waals surface area contributed by atoms with Gasteiger partial charge in [-0.25, -0.2) is 4.98 Å². The fraction of sp³-hybridized carbons (Fsp3) is 0.222. The number of ether oxygens (including phenoxy) is 1. The zero-order valence-electron chi connectivity index (χ0n) is 19.6. The predicted octanol–water partition coefficient (Wildman–Crippen LogP) is 3.69. The number of anilines is 2. The van der Waals surface area contributed by atoms with Crippen LogP contribution in [0.1, 0.15) is 15.9 Å². The topological polar surface area (TPSA) is 96.6 Å². The highest BCUT2D eigenvalue weighted by molar-refractivity contribution is 6.00. The minimum atomic E-state index is -0.171. The van der Waals surface area contributed by atoms with E-state index in [-0.39, 0.29) is 11.9 Å². The van der Waals surface area contributed by atoms with Gasteiger partial charge in [0.2, 0.25) is 5.95 Å². The smallest absolute Gasteiger partial charge is 0.251 e. The summed E-state index contributed by atoms with van der Waals surface area (Å²) in [4.78, 5) is 26.3. The minimum Gasteiger partial charge on any atom is -0.457 e. The molecule has 1 fully saturated rings. The first-order valence-corrected chi connectivity index (χ1v) is 11.7. The van der Waals surface area contributed by atoms with Crippen LogP contribution in [0.4, 0.5) is 11.8 Å². The number of nitrogen functional groups attached to an aromatic ring is 1. The second-order valence-electron chi connectivity index (χ2n) is 8.67. The monoisotopic (exact) mass is 468 g/mol. The molecule has 2 heterocycles. The van der Waals surface area contributed by atoms with Crippen molar-refractivity contribution in [1.82, 2.24) is 20.2 Å². The van der Waals surface area contributed by atoms with Crippen LogP contribution in [0.15, 0.2) is 72.8 Å². The number of rotatable bonds is 6. The lowest BCUT2D eigenvalue weighted by Crippen LogP contribution is -2.45. The maximum atomic E-state index is 12.9. The zero-order chi connectivity index (χ0) is 24.2. The van der Waals surface area contributed by atoms with Crippen molar-refractivity contribution in [3.05, 3.63) is 83.9 Å². The van der Waals surface area contributed by atoms with E-state index < -0.39 is 0 Å². The van der Waals surface area contributed by atoms with E-state index in [0.29, 0.717) is 17.6 Å². The van der Waals surface area contributed by atoms with E-state index in [2.05, 4.69) is 32.1 Å². The lowest BCUT2D eigenvalue weighted by atomic mass is 10.1. The number of hydrogen-bond acceptors (Lipinski definition) is 7. The highest BCUT2D eigenvalue weighted by Gasteiger charge is 2.19. The number of benzene rings is 3. The third kappa shape index (κ3) is 5.33. The summed E-state index contributed by atoms with van der Waals surface area (Å²) < 4.78 is 5.82. The van der Waals surface area contributed by atoms with Crippen LogP contribution in [-0.4, -0.2) is 54.0 Å². The first-order valence-electron chi connectivity index (χ1n) is 11.7. The Morgan fingerprint density at radius 1 is 0.943 bits per heavy atom. The molecule has 0 bridgehead atoms. The fourth-order valence-electron chi connectivity index (χ4n) is 4.12. The van der Waals surface area contributed by atoms with E-state index >= 15 is 0 Å². The molecule has 1 saturated heterocycles. The number of amides is 1. The average molecular weight is 469 g/mol. The normalized spacial score (nSPS) is 14.1.